The van der Waals surface area contributed by atoms with E-state index in [9.17, 15) is 14.7 Å². The molecule has 2 aromatic rings. The van der Waals surface area contributed by atoms with E-state index in [1.807, 2.05) is 32.0 Å². The van der Waals surface area contributed by atoms with Gasteiger partial charge in [-0.15, -0.1) is 0 Å². The first-order valence-electron chi connectivity index (χ1n) is 8.46. The quantitative estimate of drug-likeness (QED) is 0.567. The minimum Gasteiger partial charge on any atom is -0.508 e. The number of anilines is 1. The van der Waals surface area contributed by atoms with E-state index in [-0.39, 0.29) is 5.75 Å². The van der Waals surface area contributed by atoms with Crippen molar-refractivity contribution >= 4 is 17.5 Å². The SMILES string of the molecule is CCOc1ccc(C)cc1C(C)NC(=O)C(=O)Nc1ccc(O)cc1C. The minimum atomic E-state index is -0.767. The maximum atomic E-state index is 12.3. The second-order valence-corrected chi connectivity index (χ2v) is 6.12. The first-order chi connectivity index (χ1) is 12.3. The molecule has 0 aliphatic heterocycles. The lowest BCUT2D eigenvalue weighted by atomic mass is 10.0. The lowest BCUT2D eigenvalue weighted by molar-refractivity contribution is -0.136. The van der Waals surface area contributed by atoms with E-state index < -0.39 is 17.9 Å². The number of nitrogens with one attached hydrogen (secondary N) is 2. The number of phenolic OH excluding ortho intramolecular Hbond substituents is 1. The number of benzene rings is 2. The summed E-state index contributed by atoms with van der Waals surface area (Å²) in [7, 11) is 0. The summed E-state index contributed by atoms with van der Waals surface area (Å²) in [4.78, 5) is 24.4. The summed E-state index contributed by atoms with van der Waals surface area (Å²) in [5, 5.41) is 14.7. The van der Waals surface area contributed by atoms with Crippen LogP contribution in [0, 0.1) is 13.8 Å². The van der Waals surface area contributed by atoms with E-state index in [2.05, 4.69) is 10.6 Å². The van der Waals surface area contributed by atoms with Crippen molar-refractivity contribution in [3.63, 3.8) is 0 Å². The molecule has 0 aromatic heterocycles. The molecule has 0 radical (unpaired) electrons. The topological polar surface area (TPSA) is 87.7 Å². The molecule has 0 heterocycles. The van der Waals surface area contributed by atoms with Crippen LogP contribution in [0.3, 0.4) is 0 Å². The van der Waals surface area contributed by atoms with Gasteiger partial charge in [0.05, 0.1) is 12.6 Å². The lowest BCUT2D eigenvalue weighted by Crippen LogP contribution is -2.37. The molecule has 2 rings (SSSR count). The Labute approximate surface area is 153 Å². The largest absolute Gasteiger partial charge is 0.508 e. The van der Waals surface area contributed by atoms with Crippen molar-refractivity contribution < 1.29 is 19.4 Å². The van der Waals surface area contributed by atoms with Crippen molar-refractivity contribution in [1.29, 1.82) is 0 Å². The van der Waals surface area contributed by atoms with Crippen molar-refractivity contribution in [1.82, 2.24) is 5.32 Å². The third-order valence-electron chi connectivity index (χ3n) is 3.94. The molecule has 3 N–H and O–H groups in total. The van der Waals surface area contributed by atoms with E-state index in [1.165, 1.54) is 12.1 Å². The zero-order valence-electron chi connectivity index (χ0n) is 15.4. The first kappa shape index (κ1) is 19.3. The summed E-state index contributed by atoms with van der Waals surface area (Å²) in [6.07, 6.45) is 0. The van der Waals surface area contributed by atoms with Crippen LogP contribution in [0.4, 0.5) is 5.69 Å². The number of carbonyl (C=O) groups excluding carboxylic acids is 2. The van der Waals surface area contributed by atoms with Crippen LogP contribution < -0.4 is 15.4 Å². The van der Waals surface area contributed by atoms with Gasteiger partial charge in [-0.05, 0) is 57.5 Å². The second-order valence-electron chi connectivity index (χ2n) is 6.12. The maximum absolute atomic E-state index is 12.3. The zero-order valence-corrected chi connectivity index (χ0v) is 15.4. The van der Waals surface area contributed by atoms with Gasteiger partial charge >= 0.3 is 11.8 Å². The van der Waals surface area contributed by atoms with E-state index in [0.29, 0.717) is 23.6 Å². The molecule has 0 fully saturated rings. The minimum absolute atomic E-state index is 0.0986. The number of amides is 2. The molecule has 0 bridgehead atoms. The molecule has 1 unspecified atom stereocenters. The summed E-state index contributed by atoms with van der Waals surface area (Å²) >= 11 is 0. The van der Waals surface area contributed by atoms with Crippen LogP contribution in [0.25, 0.3) is 0 Å². The molecular formula is C20H24N2O4. The summed E-state index contributed by atoms with van der Waals surface area (Å²) in [6.45, 7) is 7.89. The number of aryl methyl sites for hydroxylation is 2. The Morgan fingerprint density at radius 1 is 1.12 bits per heavy atom. The highest BCUT2D eigenvalue weighted by Crippen LogP contribution is 2.26. The summed E-state index contributed by atoms with van der Waals surface area (Å²) < 4.78 is 5.60. The van der Waals surface area contributed by atoms with E-state index in [4.69, 9.17) is 4.74 Å². The van der Waals surface area contributed by atoms with Crippen LogP contribution in [0.2, 0.25) is 0 Å². The smallest absolute Gasteiger partial charge is 0.313 e. The van der Waals surface area contributed by atoms with Gasteiger partial charge in [-0.3, -0.25) is 9.59 Å². The molecule has 6 nitrogen and oxygen atoms in total. The molecule has 0 saturated heterocycles. The lowest BCUT2D eigenvalue weighted by Gasteiger charge is -2.18. The van der Waals surface area contributed by atoms with Gasteiger partial charge in [0.25, 0.3) is 0 Å². The molecule has 26 heavy (non-hydrogen) atoms. The monoisotopic (exact) mass is 356 g/mol. The molecule has 0 saturated carbocycles. The Morgan fingerprint density at radius 3 is 2.50 bits per heavy atom. The van der Waals surface area contributed by atoms with E-state index in [0.717, 1.165) is 11.1 Å². The van der Waals surface area contributed by atoms with Crippen molar-refractivity contribution in [2.45, 2.75) is 33.7 Å². The van der Waals surface area contributed by atoms with E-state index >= 15 is 0 Å². The third-order valence-corrected chi connectivity index (χ3v) is 3.94. The van der Waals surface area contributed by atoms with Gasteiger partial charge in [0.2, 0.25) is 0 Å². The predicted octanol–water partition coefficient (Wildman–Crippen LogP) is 3.22. The molecule has 0 aliphatic rings. The first-order valence-corrected chi connectivity index (χ1v) is 8.46. The van der Waals surface area contributed by atoms with Crippen LogP contribution in [0.15, 0.2) is 36.4 Å². The summed E-state index contributed by atoms with van der Waals surface area (Å²) in [5.74, 6) is -0.729. The van der Waals surface area contributed by atoms with Crippen LogP contribution >= 0.6 is 0 Å². The Hall–Kier alpha value is -3.02. The Balaban J connectivity index is 2.09. The van der Waals surface area contributed by atoms with E-state index in [1.54, 1.807) is 19.9 Å². The number of aromatic hydroxyl groups is 1. The van der Waals surface area contributed by atoms with Crippen LogP contribution in [-0.2, 0) is 9.59 Å². The highest BCUT2D eigenvalue weighted by atomic mass is 16.5. The van der Waals surface area contributed by atoms with Crippen LogP contribution in [0.5, 0.6) is 11.5 Å². The molecule has 0 spiro atoms. The van der Waals surface area contributed by atoms with Crippen molar-refractivity contribution in [2.75, 3.05) is 11.9 Å². The molecule has 138 valence electrons. The van der Waals surface area contributed by atoms with Crippen LogP contribution in [0.1, 0.15) is 36.6 Å². The Kier molecular flexibility index (Phi) is 6.22. The molecule has 6 heteroatoms. The molecule has 0 aliphatic carbocycles. The average Bonchev–Trinajstić information content (AvgIpc) is 2.58. The number of hydrogen-bond acceptors (Lipinski definition) is 4. The van der Waals surface area contributed by atoms with Gasteiger partial charge < -0.3 is 20.5 Å². The summed E-state index contributed by atoms with van der Waals surface area (Å²) in [6, 6.07) is 9.84. The number of rotatable bonds is 5. The standard InChI is InChI=1S/C20H24N2O4/c1-5-26-18-9-6-12(2)10-16(18)14(4)21-19(24)20(25)22-17-8-7-15(23)11-13(17)3/h6-11,14,23H,5H2,1-4H3,(H,21,24)(H,22,25). The van der Waals surface area contributed by atoms with Gasteiger partial charge in [-0.2, -0.15) is 0 Å². The van der Waals surface area contributed by atoms with Crippen LogP contribution in [-0.4, -0.2) is 23.5 Å². The fourth-order valence-electron chi connectivity index (χ4n) is 2.60. The molecular weight excluding hydrogens is 332 g/mol. The zero-order chi connectivity index (χ0) is 19.3. The summed E-state index contributed by atoms with van der Waals surface area (Å²) in [5.41, 5.74) is 2.99. The fourth-order valence-corrected chi connectivity index (χ4v) is 2.60. The maximum Gasteiger partial charge on any atom is 0.313 e. The predicted molar refractivity (Wildman–Crippen MR) is 100 cm³/mol. The van der Waals surface area contributed by atoms with Gasteiger partial charge in [0.15, 0.2) is 0 Å². The van der Waals surface area contributed by atoms with Gasteiger partial charge in [-0.25, -0.2) is 0 Å². The average molecular weight is 356 g/mol. The van der Waals surface area contributed by atoms with Crippen molar-refractivity contribution in [3.8, 4) is 11.5 Å². The second kappa shape index (κ2) is 8.38. The van der Waals surface area contributed by atoms with Crippen molar-refractivity contribution in [2.24, 2.45) is 0 Å². The third kappa shape index (κ3) is 4.75. The van der Waals surface area contributed by atoms with Gasteiger partial charge in [0.1, 0.15) is 11.5 Å². The molecule has 2 amide bonds. The van der Waals surface area contributed by atoms with Crippen molar-refractivity contribution in [3.05, 3.63) is 53.1 Å². The number of phenols is 1. The Bertz CT molecular complexity index is 817. The highest BCUT2D eigenvalue weighted by molar-refractivity contribution is 6.39. The van der Waals surface area contributed by atoms with Gasteiger partial charge in [0, 0.05) is 11.3 Å². The normalized spacial score (nSPS) is 11.5. The van der Waals surface area contributed by atoms with Gasteiger partial charge in [-0.1, -0.05) is 17.7 Å². The highest BCUT2D eigenvalue weighted by Gasteiger charge is 2.20. The number of ether oxygens (including phenoxy) is 1. The fraction of sp³-hybridized carbons (Fsp3) is 0.300. The molecule has 2 aromatic carbocycles. The number of hydrogen-bond donors (Lipinski definition) is 3. The molecule has 1 atom stereocenters. The number of carbonyl (C=O) groups is 2. The Morgan fingerprint density at radius 2 is 1.85 bits per heavy atom.